The van der Waals surface area contributed by atoms with Gasteiger partial charge in [-0.05, 0) is 19.3 Å². The number of rotatable bonds is 3. The summed E-state index contributed by atoms with van der Waals surface area (Å²) in [4.78, 5) is 14.9. The van der Waals surface area contributed by atoms with Gasteiger partial charge in [0.1, 0.15) is 0 Å². The molecule has 1 heterocycles. The maximum absolute atomic E-state index is 12.7. The van der Waals surface area contributed by atoms with Crippen LogP contribution in [-0.4, -0.2) is 36.0 Å². The summed E-state index contributed by atoms with van der Waals surface area (Å²) in [5, 5.41) is 3.51. The largest absolute Gasteiger partial charge is 0.334 e. The smallest absolute Gasteiger partial charge is 0.225 e. The normalized spacial score (nSPS) is 25.1. The summed E-state index contributed by atoms with van der Waals surface area (Å²) < 4.78 is 0. The zero-order chi connectivity index (χ0) is 13.0. The molecule has 0 aromatic carbocycles. The van der Waals surface area contributed by atoms with E-state index in [9.17, 15) is 4.79 Å². The minimum Gasteiger partial charge on any atom is -0.334 e. The Bertz CT molecular complexity index is 276. The molecular formula is C15H28N2O. The lowest BCUT2D eigenvalue weighted by atomic mass is 9.78. The summed E-state index contributed by atoms with van der Waals surface area (Å²) in [6.07, 6.45) is 8.44. The fourth-order valence-electron chi connectivity index (χ4n) is 3.67. The third kappa shape index (κ3) is 2.71. The first-order valence-electron chi connectivity index (χ1n) is 7.72. The van der Waals surface area contributed by atoms with Crippen LogP contribution < -0.4 is 5.32 Å². The Kier molecular flexibility index (Phi) is 4.66. The van der Waals surface area contributed by atoms with Gasteiger partial charge in [0.25, 0.3) is 0 Å². The van der Waals surface area contributed by atoms with E-state index in [1.165, 1.54) is 32.1 Å². The van der Waals surface area contributed by atoms with Crippen molar-refractivity contribution in [3.05, 3.63) is 0 Å². The van der Waals surface area contributed by atoms with Crippen molar-refractivity contribution >= 4 is 5.91 Å². The van der Waals surface area contributed by atoms with Gasteiger partial charge in [0, 0.05) is 25.6 Å². The van der Waals surface area contributed by atoms with Crippen LogP contribution in [0.2, 0.25) is 0 Å². The highest BCUT2D eigenvalue weighted by atomic mass is 16.2. The highest BCUT2D eigenvalue weighted by Crippen LogP contribution is 2.35. The lowest BCUT2D eigenvalue weighted by molar-refractivity contribution is -0.145. The van der Waals surface area contributed by atoms with Crippen LogP contribution in [-0.2, 0) is 4.79 Å². The summed E-state index contributed by atoms with van der Waals surface area (Å²) in [5.74, 6) is 0.604. The average molecular weight is 252 g/mol. The SMILES string of the molecule is CCCC(C)C(=O)N1CCNCC12CCCCC2. The molecule has 1 aliphatic carbocycles. The van der Waals surface area contributed by atoms with Crippen molar-refractivity contribution in [2.24, 2.45) is 5.92 Å². The third-order valence-electron chi connectivity index (χ3n) is 4.73. The summed E-state index contributed by atoms with van der Waals surface area (Å²) in [7, 11) is 0. The van der Waals surface area contributed by atoms with Crippen LogP contribution >= 0.6 is 0 Å². The Morgan fingerprint density at radius 1 is 1.33 bits per heavy atom. The molecule has 3 nitrogen and oxygen atoms in total. The zero-order valence-corrected chi connectivity index (χ0v) is 12.0. The molecule has 2 aliphatic rings. The molecule has 1 spiro atoms. The highest BCUT2D eigenvalue weighted by molar-refractivity contribution is 5.79. The molecular weight excluding hydrogens is 224 g/mol. The Morgan fingerprint density at radius 2 is 2.06 bits per heavy atom. The molecule has 1 amide bonds. The lowest BCUT2D eigenvalue weighted by Crippen LogP contribution is -2.64. The molecule has 3 heteroatoms. The molecule has 1 atom stereocenters. The third-order valence-corrected chi connectivity index (χ3v) is 4.73. The second-order valence-corrected chi connectivity index (χ2v) is 6.14. The van der Waals surface area contributed by atoms with E-state index in [0.717, 1.165) is 32.5 Å². The van der Waals surface area contributed by atoms with E-state index in [2.05, 4.69) is 24.1 Å². The van der Waals surface area contributed by atoms with Gasteiger partial charge in [0.15, 0.2) is 0 Å². The van der Waals surface area contributed by atoms with Crippen LogP contribution in [0.5, 0.6) is 0 Å². The Morgan fingerprint density at radius 3 is 2.72 bits per heavy atom. The maximum atomic E-state index is 12.7. The van der Waals surface area contributed by atoms with E-state index >= 15 is 0 Å². The average Bonchev–Trinajstić information content (AvgIpc) is 2.40. The van der Waals surface area contributed by atoms with Crippen molar-refractivity contribution in [1.82, 2.24) is 10.2 Å². The predicted molar refractivity (Wildman–Crippen MR) is 74.5 cm³/mol. The van der Waals surface area contributed by atoms with Crippen molar-refractivity contribution in [1.29, 1.82) is 0 Å². The number of carbonyl (C=O) groups excluding carboxylic acids is 1. The molecule has 2 fully saturated rings. The topological polar surface area (TPSA) is 32.3 Å². The van der Waals surface area contributed by atoms with Gasteiger partial charge in [-0.25, -0.2) is 0 Å². The first-order chi connectivity index (χ1) is 8.69. The molecule has 0 radical (unpaired) electrons. The molecule has 2 rings (SSSR count). The van der Waals surface area contributed by atoms with Crippen LogP contribution in [0.4, 0.5) is 0 Å². The zero-order valence-electron chi connectivity index (χ0n) is 12.0. The van der Waals surface area contributed by atoms with Crippen molar-refractivity contribution < 1.29 is 4.79 Å². The van der Waals surface area contributed by atoms with Gasteiger partial charge < -0.3 is 10.2 Å². The van der Waals surface area contributed by atoms with Crippen molar-refractivity contribution in [3.8, 4) is 0 Å². The minimum atomic E-state index is 0.148. The van der Waals surface area contributed by atoms with Crippen molar-refractivity contribution in [2.45, 2.75) is 64.3 Å². The molecule has 0 bridgehead atoms. The second kappa shape index (κ2) is 6.05. The van der Waals surface area contributed by atoms with Gasteiger partial charge in [-0.15, -0.1) is 0 Å². The summed E-state index contributed by atoms with van der Waals surface area (Å²) in [5.41, 5.74) is 0.148. The quantitative estimate of drug-likeness (QED) is 0.837. The predicted octanol–water partition coefficient (Wildman–Crippen LogP) is 2.56. The van der Waals surface area contributed by atoms with Crippen LogP contribution in [0.15, 0.2) is 0 Å². The lowest BCUT2D eigenvalue weighted by Gasteiger charge is -2.50. The maximum Gasteiger partial charge on any atom is 0.225 e. The van der Waals surface area contributed by atoms with Gasteiger partial charge in [0.05, 0.1) is 5.54 Å². The Hall–Kier alpha value is -0.570. The van der Waals surface area contributed by atoms with Gasteiger partial charge in [-0.2, -0.15) is 0 Å². The molecule has 0 aromatic heterocycles. The van der Waals surface area contributed by atoms with Gasteiger partial charge >= 0.3 is 0 Å². The van der Waals surface area contributed by atoms with Crippen LogP contribution in [0.25, 0.3) is 0 Å². The molecule has 1 N–H and O–H groups in total. The summed E-state index contributed by atoms with van der Waals surface area (Å²) in [6, 6.07) is 0. The molecule has 1 saturated heterocycles. The van der Waals surface area contributed by atoms with E-state index in [1.54, 1.807) is 0 Å². The van der Waals surface area contributed by atoms with Crippen molar-refractivity contribution in [3.63, 3.8) is 0 Å². The van der Waals surface area contributed by atoms with Gasteiger partial charge in [-0.3, -0.25) is 4.79 Å². The monoisotopic (exact) mass is 252 g/mol. The van der Waals surface area contributed by atoms with E-state index in [4.69, 9.17) is 0 Å². The van der Waals surface area contributed by atoms with E-state index in [-0.39, 0.29) is 11.5 Å². The fraction of sp³-hybridized carbons (Fsp3) is 0.933. The van der Waals surface area contributed by atoms with E-state index in [0.29, 0.717) is 5.91 Å². The number of carbonyl (C=O) groups is 1. The minimum absolute atomic E-state index is 0.148. The number of piperazine rings is 1. The highest BCUT2D eigenvalue weighted by Gasteiger charge is 2.42. The molecule has 104 valence electrons. The van der Waals surface area contributed by atoms with E-state index < -0.39 is 0 Å². The molecule has 1 unspecified atom stereocenters. The summed E-state index contributed by atoms with van der Waals surface area (Å²) in [6.45, 7) is 7.15. The summed E-state index contributed by atoms with van der Waals surface area (Å²) >= 11 is 0. The van der Waals surface area contributed by atoms with Gasteiger partial charge in [0.2, 0.25) is 5.91 Å². The number of hydrogen-bond acceptors (Lipinski definition) is 2. The number of hydrogen-bond donors (Lipinski definition) is 1. The first kappa shape index (κ1) is 13.9. The Balaban J connectivity index is 2.09. The Labute approximate surface area is 111 Å². The second-order valence-electron chi connectivity index (χ2n) is 6.14. The number of nitrogens with zero attached hydrogens (tertiary/aromatic N) is 1. The molecule has 18 heavy (non-hydrogen) atoms. The van der Waals surface area contributed by atoms with Crippen LogP contribution in [0, 0.1) is 5.92 Å². The number of amides is 1. The molecule has 1 saturated carbocycles. The number of nitrogens with one attached hydrogen (secondary N) is 1. The first-order valence-corrected chi connectivity index (χ1v) is 7.72. The van der Waals surface area contributed by atoms with Gasteiger partial charge in [-0.1, -0.05) is 39.5 Å². The van der Waals surface area contributed by atoms with Crippen molar-refractivity contribution in [2.75, 3.05) is 19.6 Å². The van der Waals surface area contributed by atoms with Crippen LogP contribution in [0.1, 0.15) is 58.8 Å². The molecule has 1 aliphatic heterocycles. The fourth-order valence-corrected chi connectivity index (χ4v) is 3.67. The van der Waals surface area contributed by atoms with E-state index in [1.807, 2.05) is 0 Å². The van der Waals surface area contributed by atoms with Crippen LogP contribution in [0.3, 0.4) is 0 Å². The standard InChI is InChI=1S/C15H28N2O/c1-3-7-13(2)14(18)17-11-10-16-12-15(17)8-5-4-6-9-15/h13,16H,3-12H2,1-2H3. The molecule has 0 aromatic rings.